The van der Waals surface area contributed by atoms with E-state index < -0.39 is 0 Å². The third kappa shape index (κ3) is 3.98. The number of carbonyl (C=O) groups is 1. The van der Waals surface area contributed by atoms with Crippen LogP contribution in [0.1, 0.15) is 25.7 Å². The topological polar surface area (TPSA) is 113 Å². The Balaban J connectivity index is 1.47. The van der Waals surface area contributed by atoms with Crippen LogP contribution in [0, 0.1) is 0 Å². The summed E-state index contributed by atoms with van der Waals surface area (Å²) in [5, 5.41) is 13.9. The Kier molecular flexibility index (Phi) is 4.96. The summed E-state index contributed by atoms with van der Waals surface area (Å²) in [6.07, 6.45) is 10.6. The Bertz CT molecular complexity index is 983. The molecule has 1 amide bonds. The van der Waals surface area contributed by atoms with Gasteiger partial charge >= 0.3 is 0 Å². The van der Waals surface area contributed by atoms with Gasteiger partial charge in [-0.25, -0.2) is 4.98 Å². The van der Waals surface area contributed by atoms with Gasteiger partial charge in [0.25, 0.3) is 0 Å². The van der Waals surface area contributed by atoms with Crippen molar-refractivity contribution in [1.82, 2.24) is 30.0 Å². The smallest absolute Gasteiger partial charge is 0.243 e. The molecule has 0 unspecified atom stereocenters. The van der Waals surface area contributed by atoms with E-state index in [4.69, 9.17) is 0 Å². The SMILES string of the molecule is C=CC(=O)N[C@H]1CC[C@@H](Nc2nc(Nc3cnn(C)c3)nc3cc[nH]c23)CC1. The number of aryl methyl sites for hydroxylation is 1. The minimum Gasteiger partial charge on any atom is -0.365 e. The summed E-state index contributed by atoms with van der Waals surface area (Å²) in [6.45, 7) is 3.51. The van der Waals surface area contributed by atoms with Crippen molar-refractivity contribution in [2.75, 3.05) is 10.6 Å². The van der Waals surface area contributed by atoms with Gasteiger partial charge in [0.15, 0.2) is 5.82 Å². The second-order valence-electron chi connectivity index (χ2n) is 7.07. The molecule has 1 aliphatic rings. The Hall–Kier alpha value is -3.36. The molecular formula is C19H24N8O. The molecule has 0 aliphatic heterocycles. The number of rotatable bonds is 6. The summed E-state index contributed by atoms with van der Waals surface area (Å²) >= 11 is 0. The van der Waals surface area contributed by atoms with Crippen molar-refractivity contribution in [2.24, 2.45) is 7.05 Å². The van der Waals surface area contributed by atoms with E-state index in [-0.39, 0.29) is 11.9 Å². The second-order valence-corrected chi connectivity index (χ2v) is 7.07. The van der Waals surface area contributed by atoms with Gasteiger partial charge < -0.3 is 20.9 Å². The number of hydrogen-bond acceptors (Lipinski definition) is 6. The molecule has 0 atom stereocenters. The predicted octanol–water partition coefficient (Wildman–Crippen LogP) is 2.46. The zero-order chi connectivity index (χ0) is 19.5. The zero-order valence-corrected chi connectivity index (χ0v) is 15.8. The average Bonchev–Trinajstić information content (AvgIpc) is 3.32. The van der Waals surface area contributed by atoms with Gasteiger partial charge in [0.05, 0.1) is 17.4 Å². The molecular weight excluding hydrogens is 356 g/mol. The van der Waals surface area contributed by atoms with Crippen molar-refractivity contribution in [3.63, 3.8) is 0 Å². The maximum absolute atomic E-state index is 11.5. The van der Waals surface area contributed by atoms with Gasteiger partial charge in [-0.05, 0) is 37.8 Å². The quantitative estimate of drug-likeness (QED) is 0.489. The minimum atomic E-state index is -0.105. The molecule has 0 spiro atoms. The normalized spacial score (nSPS) is 19.3. The van der Waals surface area contributed by atoms with Gasteiger partial charge in [-0.3, -0.25) is 9.48 Å². The first-order valence-electron chi connectivity index (χ1n) is 9.41. The molecule has 1 saturated carbocycles. The zero-order valence-electron chi connectivity index (χ0n) is 15.8. The lowest BCUT2D eigenvalue weighted by Crippen LogP contribution is -2.39. The van der Waals surface area contributed by atoms with Crippen molar-refractivity contribution in [1.29, 1.82) is 0 Å². The highest BCUT2D eigenvalue weighted by Gasteiger charge is 2.23. The van der Waals surface area contributed by atoms with E-state index in [9.17, 15) is 4.79 Å². The average molecular weight is 380 g/mol. The van der Waals surface area contributed by atoms with Crippen molar-refractivity contribution >= 4 is 34.4 Å². The van der Waals surface area contributed by atoms with Crippen LogP contribution in [0.15, 0.2) is 37.3 Å². The molecule has 3 aromatic rings. The molecule has 4 N–H and O–H groups in total. The fourth-order valence-corrected chi connectivity index (χ4v) is 3.56. The summed E-state index contributed by atoms with van der Waals surface area (Å²) in [5.74, 6) is 1.20. The first kappa shape index (κ1) is 18.0. The van der Waals surface area contributed by atoms with Crippen molar-refractivity contribution in [2.45, 2.75) is 37.8 Å². The van der Waals surface area contributed by atoms with Gasteiger partial charge in [0.2, 0.25) is 11.9 Å². The van der Waals surface area contributed by atoms with Crippen LogP contribution in [-0.2, 0) is 11.8 Å². The van der Waals surface area contributed by atoms with E-state index in [0.29, 0.717) is 12.0 Å². The van der Waals surface area contributed by atoms with E-state index >= 15 is 0 Å². The lowest BCUT2D eigenvalue weighted by atomic mass is 9.91. The molecule has 9 heteroatoms. The van der Waals surface area contributed by atoms with Crippen LogP contribution in [0.4, 0.5) is 17.5 Å². The third-order valence-electron chi connectivity index (χ3n) is 4.97. The van der Waals surface area contributed by atoms with E-state index in [1.54, 1.807) is 10.9 Å². The van der Waals surface area contributed by atoms with Gasteiger partial charge in [0.1, 0.15) is 5.52 Å². The highest BCUT2D eigenvalue weighted by molar-refractivity contribution is 5.87. The monoisotopic (exact) mass is 380 g/mol. The molecule has 0 saturated heterocycles. The third-order valence-corrected chi connectivity index (χ3v) is 4.97. The number of nitrogens with one attached hydrogen (secondary N) is 4. The van der Waals surface area contributed by atoms with Gasteiger partial charge in [-0.2, -0.15) is 10.1 Å². The lowest BCUT2D eigenvalue weighted by Gasteiger charge is -2.29. The Morgan fingerprint density at radius 1 is 1.29 bits per heavy atom. The standard InChI is InChI=1S/C19H24N8O/c1-3-16(28)22-12-4-6-13(7-5-12)23-18-17-15(8-9-20-17)25-19(26-18)24-14-10-21-27(2)11-14/h3,8-13,20H,1,4-7H2,2H3,(H,22,28)(H2,23,24,25,26)/t12-,13+. The maximum Gasteiger partial charge on any atom is 0.243 e. The van der Waals surface area contributed by atoms with E-state index in [0.717, 1.165) is 48.2 Å². The number of amides is 1. The Labute approximate surface area is 162 Å². The van der Waals surface area contributed by atoms with Gasteiger partial charge in [-0.1, -0.05) is 6.58 Å². The number of hydrogen-bond donors (Lipinski definition) is 4. The first-order valence-corrected chi connectivity index (χ1v) is 9.41. The molecule has 4 rings (SSSR count). The summed E-state index contributed by atoms with van der Waals surface area (Å²) in [5.41, 5.74) is 2.57. The molecule has 0 bridgehead atoms. The number of anilines is 3. The fourth-order valence-electron chi connectivity index (χ4n) is 3.56. The maximum atomic E-state index is 11.5. The summed E-state index contributed by atoms with van der Waals surface area (Å²) in [7, 11) is 1.86. The van der Waals surface area contributed by atoms with Crippen LogP contribution >= 0.6 is 0 Å². The van der Waals surface area contributed by atoms with E-state index in [1.165, 1.54) is 6.08 Å². The number of carbonyl (C=O) groups excluding carboxylic acids is 1. The molecule has 3 aromatic heterocycles. The highest BCUT2D eigenvalue weighted by atomic mass is 16.1. The molecule has 9 nitrogen and oxygen atoms in total. The number of aromatic amines is 1. The van der Waals surface area contributed by atoms with Crippen LogP contribution in [0.5, 0.6) is 0 Å². The molecule has 28 heavy (non-hydrogen) atoms. The van der Waals surface area contributed by atoms with Crippen molar-refractivity contribution in [3.8, 4) is 0 Å². The van der Waals surface area contributed by atoms with Crippen molar-refractivity contribution < 1.29 is 4.79 Å². The molecule has 146 valence electrons. The molecule has 0 radical (unpaired) electrons. The summed E-state index contributed by atoms with van der Waals surface area (Å²) < 4.78 is 1.72. The van der Waals surface area contributed by atoms with Gasteiger partial charge in [0, 0.05) is 31.5 Å². The molecule has 1 aliphatic carbocycles. The van der Waals surface area contributed by atoms with Crippen LogP contribution in [0.3, 0.4) is 0 Å². The predicted molar refractivity (Wildman–Crippen MR) is 108 cm³/mol. The fraction of sp³-hybridized carbons (Fsp3) is 0.368. The summed E-state index contributed by atoms with van der Waals surface area (Å²) in [4.78, 5) is 23.9. The Morgan fingerprint density at radius 2 is 2.07 bits per heavy atom. The van der Waals surface area contributed by atoms with Gasteiger partial charge in [-0.15, -0.1) is 0 Å². The second kappa shape index (κ2) is 7.71. The number of nitrogens with zero attached hydrogens (tertiary/aromatic N) is 4. The molecule has 0 aromatic carbocycles. The highest BCUT2D eigenvalue weighted by Crippen LogP contribution is 2.26. The minimum absolute atomic E-state index is 0.105. The van der Waals surface area contributed by atoms with E-state index in [2.05, 4.69) is 42.6 Å². The van der Waals surface area contributed by atoms with Crippen LogP contribution in [-0.4, -0.2) is 42.7 Å². The van der Waals surface area contributed by atoms with Crippen molar-refractivity contribution in [3.05, 3.63) is 37.3 Å². The molecule has 3 heterocycles. The van der Waals surface area contributed by atoms with Crippen LogP contribution < -0.4 is 16.0 Å². The van der Waals surface area contributed by atoms with Crippen LogP contribution in [0.2, 0.25) is 0 Å². The van der Waals surface area contributed by atoms with E-state index in [1.807, 2.05) is 25.5 Å². The number of aromatic nitrogens is 5. The first-order chi connectivity index (χ1) is 13.6. The molecule has 1 fully saturated rings. The van der Waals surface area contributed by atoms with Crippen LogP contribution in [0.25, 0.3) is 11.0 Å². The Morgan fingerprint density at radius 3 is 2.79 bits per heavy atom. The largest absolute Gasteiger partial charge is 0.365 e. The summed E-state index contributed by atoms with van der Waals surface area (Å²) in [6, 6.07) is 2.44. The number of fused-ring (bicyclic) bond motifs is 1. The lowest BCUT2D eigenvalue weighted by molar-refractivity contribution is -0.117. The number of H-pyrrole nitrogens is 1.